The lowest BCUT2D eigenvalue weighted by Gasteiger charge is -2.25. The Morgan fingerprint density at radius 3 is 1.85 bits per heavy atom. The van der Waals surface area contributed by atoms with E-state index in [4.69, 9.17) is 23.2 Å². The molecule has 0 saturated carbocycles. The highest BCUT2D eigenvalue weighted by Gasteiger charge is 2.29. The number of halogens is 2. The summed E-state index contributed by atoms with van der Waals surface area (Å²) in [4.78, 5) is 13.0. The van der Waals surface area contributed by atoms with Crippen molar-refractivity contribution < 1.29 is 21.6 Å². The molecule has 0 bridgehead atoms. The number of amides is 1. The number of nitrogens with zero attached hydrogens (tertiary/aromatic N) is 1. The van der Waals surface area contributed by atoms with Gasteiger partial charge >= 0.3 is 0 Å². The van der Waals surface area contributed by atoms with Crippen molar-refractivity contribution in [1.29, 1.82) is 0 Å². The molecule has 8 nitrogen and oxygen atoms in total. The Morgan fingerprint density at radius 1 is 0.725 bits per heavy atom. The molecule has 0 aliphatic heterocycles. The molecule has 0 atom stereocenters. The van der Waals surface area contributed by atoms with Crippen LogP contribution in [0.5, 0.6) is 0 Å². The van der Waals surface area contributed by atoms with E-state index in [0.29, 0.717) is 5.69 Å². The Balaban J connectivity index is 1.56. The normalized spacial score (nSPS) is 11.6. The van der Waals surface area contributed by atoms with Crippen LogP contribution in [0.4, 0.5) is 17.1 Å². The fourth-order valence-electron chi connectivity index (χ4n) is 3.71. The van der Waals surface area contributed by atoms with Crippen LogP contribution in [0.15, 0.2) is 101 Å². The van der Waals surface area contributed by atoms with Gasteiger partial charge in [-0.2, -0.15) is 0 Å². The number of carbonyl (C=O) groups is 1. The SMILES string of the molecule is Cc1ccc(NS(=O)(=O)c2ccc(NC(=O)CN(c3cccc(Cl)c3Cl)S(=O)(=O)c3ccc(C)cc3)cc2)cc1. The number of carbonyl (C=O) groups excluding carboxylic acids is 1. The molecule has 0 radical (unpaired) electrons. The third-order valence-corrected chi connectivity index (χ3v) is 9.83. The quantitative estimate of drug-likeness (QED) is 0.231. The number of anilines is 3. The van der Waals surface area contributed by atoms with E-state index in [1.807, 2.05) is 13.8 Å². The molecule has 1 amide bonds. The van der Waals surface area contributed by atoms with Crippen LogP contribution in [0, 0.1) is 13.8 Å². The zero-order chi connectivity index (χ0) is 29.1. The van der Waals surface area contributed by atoms with Crippen molar-refractivity contribution in [2.24, 2.45) is 0 Å². The monoisotopic (exact) mass is 617 g/mol. The fourth-order valence-corrected chi connectivity index (χ4v) is 6.65. The predicted molar refractivity (Wildman–Crippen MR) is 159 cm³/mol. The average Bonchev–Trinajstić information content (AvgIpc) is 2.91. The van der Waals surface area contributed by atoms with Gasteiger partial charge in [-0.15, -0.1) is 0 Å². The number of benzene rings is 4. The molecule has 4 aromatic rings. The maximum atomic E-state index is 13.6. The molecule has 0 spiro atoms. The smallest absolute Gasteiger partial charge is 0.264 e. The van der Waals surface area contributed by atoms with Crippen molar-refractivity contribution in [2.75, 3.05) is 20.9 Å². The van der Waals surface area contributed by atoms with Gasteiger partial charge in [0, 0.05) is 11.4 Å². The molecule has 12 heteroatoms. The Kier molecular flexibility index (Phi) is 8.74. The minimum atomic E-state index is -4.21. The van der Waals surface area contributed by atoms with E-state index >= 15 is 0 Å². The zero-order valence-corrected chi connectivity index (χ0v) is 24.6. The summed E-state index contributed by atoms with van der Waals surface area (Å²) in [5.41, 5.74) is 2.57. The number of aryl methyl sites for hydroxylation is 2. The Morgan fingerprint density at radius 2 is 1.25 bits per heavy atom. The van der Waals surface area contributed by atoms with E-state index in [1.54, 1.807) is 36.4 Å². The molecule has 0 fully saturated rings. The maximum absolute atomic E-state index is 13.6. The standard InChI is InChI=1S/C28H25Cl2N3O5S2/c1-19-6-10-22(11-7-19)32-39(35,36)23-16-12-21(13-17-23)31-27(34)18-33(26-5-3-4-25(29)28(26)30)40(37,38)24-14-8-20(2)9-15-24/h3-17,32H,18H2,1-2H3,(H,31,34). The van der Waals surface area contributed by atoms with E-state index in [2.05, 4.69) is 10.0 Å². The first-order valence-electron chi connectivity index (χ1n) is 11.9. The van der Waals surface area contributed by atoms with Gasteiger partial charge in [0.15, 0.2) is 0 Å². The van der Waals surface area contributed by atoms with Gasteiger partial charge in [0.2, 0.25) is 5.91 Å². The van der Waals surface area contributed by atoms with Crippen molar-refractivity contribution in [1.82, 2.24) is 0 Å². The minimum absolute atomic E-state index is 0.0136. The molecule has 40 heavy (non-hydrogen) atoms. The number of sulfonamides is 2. The van der Waals surface area contributed by atoms with Crippen LogP contribution in [0.25, 0.3) is 0 Å². The van der Waals surface area contributed by atoms with Gasteiger partial charge in [-0.25, -0.2) is 16.8 Å². The first kappa shape index (κ1) is 29.4. The summed E-state index contributed by atoms with van der Waals surface area (Å²) in [5, 5.41) is 2.71. The Bertz CT molecular complexity index is 1740. The van der Waals surface area contributed by atoms with Crippen LogP contribution >= 0.6 is 23.2 Å². The number of hydrogen-bond donors (Lipinski definition) is 2. The van der Waals surface area contributed by atoms with Gasteiger partial charge < -0.3 is 5.32 Å². The van der Waals surface area contributed by atoms with E-state index in [0.717, 1.165) is 15.4 Å². The lowest BCUT2D eigenvalue weighted by atomic mass is 10.2. The number of nitrogens with one attached hydrogen (secondary N) is 2. The molecule has 0 heterocycles. The second-order valence-electron chi connectivity index (χ2n) is 8.94. The summed E-state index contributed by atoms with van der Waals surface area (Å²) >= 11 is 12.5. The second kappa shape index (κ2) is 11.9. The van der Waals surface area contributed by atoms with Crippen LogP contribution in [0.2, 0.25) is 10.0 Å². The van der Waals surface area contributed by atoms with Crippen LogP contribution in [0.1, 0.15) is 11.1 Å². The van der Waals surface area contributed by atoms with Gasteiger partial charge in [-0.3, -0.25) is 13.8 Å². The molecular weight excluding hydrogens is 593 g/mol. The maximum Gasteiger partial charge on any atom is 0.264 e. The number of rotatable bonds is 9. The van der Waals surface area contributed by atoms with Gasteiger partial charge in [0.05, 0.1) is 25.5 Å². The summed E-state index contributed by atoms with van der Waals surface area (Å²) < 4.78 is 56.1. The molecule has 0 unspecified atom stereocenters. The van der Waals surface area contributed by atoms with E-state index in [9.17, 15) is 21.6 Å². The summed E-state index contributed by atoms with van der Waals surface area (Å²) in [6.07, 6.45) is 0. The predicted octanol–water partition coefficient (Wildman–Crippen LogP) is 6.25. The van der Waals surface area contributed by atoms with Crippen LogP contribution in [-0.2, 0) is 24.8 Å². The van der Waals surface area contributed by atoms with Crippen LogP contribution in [-0.4, -0.2) is 29.3 Å². The van der Waals surface area contributed by atoms with E-state index < -0.39 is 32.5 Å². The molecular formula is C28H25Cl2N3O5S2. The average molecular weight is 619 g/mol. The molecule has 0 aliphatic rings. The van der Waals surface area contributed by atoms with Gasteiger partial charge in [0.25, 0.3) is 20.0 Å². The minimum Gasteiger partial charge on any atom is -0.325 e. The van der Waals surface area contributed by atoms with E-state index in [1.165, 1.54) is 54.6 Å². The van der Waals surface area contributed by atoms with Crippen molar-refractivity contribution >= 4 is 66.2 Å². The summed E-state index contributed by atoms with van der Waals surface area (Å²) in [5.74, 6) is -0.680. The van der Waals surface area contributed by atoms with Gasteiger partial charge in [0.1, 0.15) is 6.54 Å². The van der Waals surface area contributed by atoms with Gasteiger partial charge in [-0.05, 0) is 74.5 Å². The first-order valence-corrected chi connectivity index (χ1v) is 15.6. The lowest BCUT2D eigenvalue weighted by molar-refractivity contribution is -0.114. The highest BCUT2D eigenvalue weighted by atomic mass is 35.5. The van der Waals surface area contributed by atoms with E-state index in [-0.39, 0.29) is 31.2 Å². The van der Waals surface area contributed by atoms with Crippen molar-refractivity contribution in [3.63, 3.8) is 0 Å². The molecule has 4 aromatic carbocycles. The largest absolute Gasteiger partial charge is 0.325 e. The molecule has 0 saturated heterocycles. The first-order chi connectivity index (χ1) is 18.9. The topological polar surface area (TPSA) is 113 Å². The van der Waals surface area contributed by atoms with Crippen molar-refractivity contribution in [3.8, 4) is 0 Å². The Hall–Kier alpha value is -3.57. The second-order valence-corrected chi connectivity index (χ2v) is 13.3. The summed E-state index contributed by atoms with van der Waals surface area (Å²) in [7, 11) is -8.08. The molecule has 0 aromatic heterocycles. The van der Waals surface area contributed by atoms with Gasteiger partial charge in [-0.1, -0.05) is 64.7 Å². The highest BCUT2D eigenvalue weighted by molar-refractivity contribution is 7.93. The molecule has 208 valence electrons. The molecule has 0 aliphatic carbocycles. The third-order valence-electron chi connectivity index (χ3n) is 5.85. The van der Waals surface area contributed by atoms with Crippen molar-refractivity contribution in [2.45, 2.75) is 23.6 Å². The summed E-state index contributed by atoms with van der Waals surface area (Å²) in [6, 6.07) is 23.0. The van der Waals surface area contributed by atoms with Crippen LogP contribution in [0.3, 0.4) is 0 Å². The van der Waals surface area contributed by atoms with Crippen molar-refractivity contribution in [3.05, 3.63) is 112 Å². The fraction of sp³-hybridized carbons (Fsp3) is 0.107. The molecule has 2 N–H and O–H groups in total. The zero-order valence-electron chi connectivity index (χ0n) is 21.4. The summed E-state index contributed by atoms with van der Waals surface area (Å²) in [6.45, 7) is 3.10. The highest BCUT2D eigenvalue weighted by Crippen LogP contribution is 2.35. The third kappa shape index (κ3) is 6.76. The van der Waals surface area contributed by atoms with Crippen LogP contribution < -0.4 is 14.3 Å². The molecule has 4 rings (SSSR count). The Labute approximate surface area is 243 Å². The number of hydrogen-bond acceptors (Lipinski definition) is 5. The lowest BCUT2D eigenvalue weighted by Crippen LogP contribution is -2.38.